The number of amides is 1. The molecule has 0 radical (unpaired) electrons. The fraction of sp³-hybridized carbons (Fsp3) is 0.909. The highest BCUT2D eigenvalue weighted by atomic mass is 16.2. The minimum Gasteiger partial charge on any atom is -0.342 e. The second kappa shape index (κ2) is 6.18. The smallest absolute Gasteiger partial charge is 0.237 e. The van der Waals surface area contributed by atoms with Crippen molar-refractivity contribution in [1.82, 2.24) is 20.2 Å². The van der Waals surface area contributed by atoms with Gasteiger partial charge in [0.2, 0.25) is 5.91 Å². The van der Waals surface area contributed by atoms with E-state index in [9.17, 15) is 4.79 Å². The first-order chi connectivity index (χ1) is 7.50. The average molecular weight is 228 g/mol. The molecule has 1 N–H and O–H groups in total. The molecule has 1 heterocycles. The molecule has 5 nitrogen and oxygen atoms in total. The molecule has 0 aliphatic carbocycles. The van der Waals surface area contributed by atoms with Gasteiger partial charge in [-0.1, -0.05) is 0 Å². The van der Waals surface area contributed by atoms with Crippen LogP contribution < -0.4 is 5.43 Å². The molecule has 0 aromatic carbocycles. The first kappa shape index (κ1) is 13.4. The number of hydrogen-bond acceptors (Lipinski definition) is 4. The normalized spacial score (nSPS) is 19.1. The van der Waals surface area contributed by atoms with Crippen molar-refractivity contribution in [1.29, 1.82) is 0 Å². The third kappa shape index (κ3) is 4.08. The predicted molar refractivity (Wildman–Crippen MR) is 65.0 cm³/mol. The van der Waals surface area contributed by atoms with E-state index in [1.165, 1.54) is 0 Å². The van der Waals surface area contributed by atoms with Crippen LogP contribution in [0, 0.1) is 0 Å². The lowest BCUT2D eigenvalue weighted by Crippen LogP contribution is -2.53. The van der Waals surface area contributed by atoms with Crippen molar-refractivity contribution in [3.8, 4) is 0 Å². The van der Waals surface area contributed by atoms with Crippen LogP contribution >= 0.6 is 0 Å². The largest absolute Gasteiger partial charge is 0.342 e. The molecule has 1 saturated heterocycles. The molecule has 94 valence electrons. The van der Waals surface area contributed by atoms with Crippen LogP contribution in [0.4, 0.5) is 0 Å². The number of rotatable bonds is 4. The molecule has 1 amide bonds. The number of nitrogens with one attached hydrogen (secondary N) is 1. The van der Waals surface area contributed by atoms with Crippen LogP contribution in [0.25, 0.3) is 0 Å². The summed E-state index contributed by atoms with van der Waals surface area (Å²) in [6, 6.07) is 0.266. The Kier molecular flexibility index (Phi) is 5.18. The molecular weight excluding hydrogens is 204 g/mol. The van der Waals surface area contributed by atoms with Crippen LogP contribution in [0.15, 0.2) is 0 Å². The van der Waals surface area contributed by atoms with E-state index in [2.05, 4.69) is 22.4 Å². The third-order valence-corrected chi connectivity index (χ3v) is 3.13. The summed E-state index contributed by atoms with van der Waals surface area (Å²) in [6.45, 7) is 8.52. The summed E-state index contributed by atoms with van der Waals surface area (Å²) in [5.41, 5.74) is 3.19. The maximum absolute atomic E-state index is 11.7. The SMILES string of the molecule is CC(C)N(C)C(=O)CNN1CCN(C)CC1. The number of hydrazine groups is 1. The molecule has 1 rings (SSSR count). The second-order valence-electron chi connectivity index (χ2n) is 4.72. The summed E-state index contributed by atoms with van der Waals surface area (Å²) < 4.78 is 0. The third-order valence-electron chi connectivity index (χ3n) is 3.13. The number of piperazine rings is 1. The van der Waals surface area contributed by atoms with Crippen LogP contribution in [-0.2, 0) is 4.79 Å². The van der Waals surface area contributed by atoms with Gasteiger partial charge in [-0.25, -0.2) is 10.4 Å². The Morgan fingerprint density at radius 3 is 2.38 bits per heavy atom. The van der Waals surface area contributed by atoms with Crippen molar-refractivity contribution in [2.75, 3.05) is 46.8 Å². The fourth-order valence-electron chi connectivity index (χ4n) is 1.56. The van der Waals surface area contributed by atoms with Crippen LogP contribution in [0.5, 0.6) is 0 Å². The van der Waals surface area contributed by atoms with Gasteiger partial charge in [-0.05, 0) is 20.9 Å². The molecule has 1 aliphatic rings. The van der Waals surface area contributed by atoms with Gasteiger partial charge in [0.1, 0.15) is 0 Å². The van der Waals surface area contributed by atoms with Crippen LogP contribution in [0.1, 0.15) is 13.8 Å². The van der Waals surface area contributed by atoms with E-state index in [4.69, 9.17) is 0 Å². The molecule has 0 bridgehead atoms. The quantitative estimate of drug-likeness (QED) is 0.711. The van der Waals surface area contributed by atoms with Gasteiger partial charge in [-0.15, -0.1) is 0 Å². The first-order valence-corrected chi connectivity index (χ1v) is 5.93. The van der Waals surface area contributed by atoms with E-state index >= 15 is 0 Å². The highest BCUT2D eigenvalue weighted by molar-refractivity contribution is 5.78. The summed E-state index contributed by atoms with van der Waals surface area (Å²) in [6.07, 6.45) is 0. The fourth-order valence-corrected chi connectivity index (χ4v) is 1.56. The monoisotopic (exact) mass is 228 g/mol. The van der Waals surface area contributed by atoms with Crippen molar-refractivity contribution in [3.05, 3.63) is 0 Å². The minimum atomic E-state index is 0.147. The zero-order chi connectivity index (χ0) is 12.1. The molecule has 5 heteroatoms. The lowest BCUT2D eigenvalue weighted by Gasteiger charge is -2.33. The number of carbonyl (C=O) groups excluding carboxylic acids is 1. The van der Waals surface area contributed by atoms with Gasteiger partial charge in [-0.2, -0.15) is 0 Å². The first-order valence-electron chi connectivity index (χ1n) is 5.93. The summed E-state index contributed by atoms with van der Waals surface area (Å²) in [7, 11) is 3.97. The highest BCUT2D eigenvalue weighted by Gasteiger charge is 2.16. The molecule has 0 unspecified atom stereocenters. The minimum absolute atomic E-state index is 0.147. The molecule has 1 fully saturated rings. The number of likely N-dealkylation sites (N-methyl/N-ethyl adjacent to an activating group) is 2. The standard InChI is InChI=1S/C11H24N4O/c1-10(2)14(4)11(16)9-12-15-7-5-13(3)6-8-15/h10,12H,5-9H2,1-4H3. The van der Waals surface area contributed by atoms with E-state index in [-0.39, 0.29) is 11.9 Å². The number of hydrogen-bond donors (Lipinski definition) is 1. The van der Waals surface area contributed by atoms with Gasteiger partial charge in [0.25, 0.3) is 0 Å². The van der Waals surface area contributed by atoms with Gasteiger partial charge < -0.3 is 9.80 Å². The predicted octanol–water partition coefficient (Wildman–Crippen LogP) is -0.395. The van der Waals surface area contributed by atoms with E-state index in [1.54, 1.807) is 4.90 Å². The van der Waals surface area contributed by atoms with Crippen LogP contribution in [-0.4, -0.2) is 73.6 Å². The van der Waals surface area contributed by atoms with Crippen LogP contribution in [0.2, 0.25) is 0 Å². The Labute approximate surface area is 98.3 Å². The van der Waals surface area contributed by atoms with Crippen molar-refractivity contribution >= 4 is 5.91 Å². The van der Waals surface area contributed by atoms with E-state index < -0.39 is 0 Å². The van der Waals surface area contributed by atoms with Gasteiger partial charge in [0.15, 0.2) is 0 Å². The molecule has 0 saturated carbocycles. The average Bonchev–Trinajstić information content (AvgIpc) is 2.26. The molecule has 0 atom stereocenters. The maximum atomic E-state index is 11.7. The molecule has 16 heavy (non-hydrogen) atoms. The maximum Gasteiger partial charge on any atom is 0.237 e. The number of carbonyl (C=O) groups is 1. The Morgan fingerprint density at radius 1 is 1.31 bits per heavy atom. The molecule has 0 aromatic heterocycles. The lowest BCUT2D eigenvalue weighted by molar-refractivity contribution is -0.131. The Hall–Kier alpha value is -0.650. The molecule has 0 aromatic rings. The van der Waals surface area contributed by atoms with Crippen molar-refractivity contribution in [2.45, 2.75) is 19.9 Å². The summed E-state index contributed by atoms with van der Waals surface area (Å²) in [5, 5.41) is 2.13. The molecule has 1 aliphatic heterocycles. The Morgan fingerprint density at radius 2 is 1.88 bits per heavy atom. The zero-order valence-electron chi connectivity index (χ0n) is 10.9. The second-order valence-corrected chi connectivity index (χ2v) is 4.72. The Bertz CT molecular complexity index is 224. The van der Waals surface area contributed by atoms with Gasteiger partial charge in [0, 0.05) is 39.3 Å². The number of nitrogens with zero attached hydrogens (tertiary/aromatic N) is 3. The van der Waals surface area contributed by atoms with E-state index in [0.717, 1.165) is 26.2 Å². The van der Waals surface area contributed by atoms with Gasteiger partial charge in [0.05, 0.1) is 6.54 Å². The molecule has 0 spiro atoms. The van der Waals surface area contributed by atoms with Crippen molar-refractivity contribution < 1.29 is 4.79 Å². The summed E-state index contributed by atoms with van der Waals surface area (Å²) >= 11 is 0. The zero-order valence-corrected chi connectivity index (χ0v) is 10.9. The van der Waals surface area contributed by atoms with E-state index in [0.29, 0.717) is 6.54 Å². The summed E-state index contributed by atoms with van der Waals surface area (Å²) in [5.74, 6) is 0.147. The topological polar surface area (TPSA) is 38.8 Å². The van der Waals surface area contributed by atoms with Gasteiger partial charge in [-0.3, -0.25) is 4.79 Å². The van der Waals surface area contributed by atoms with Crippen molar-refractivity contribution in [3.63, 3.8) is 0 Å². The van der Waals surface area contributed by atoms with E-state index in [1.807, 2.05) is 20.9 Å². The summed E-state index contributed by atoms with van der Waals surface area (Å²) in [4.78, 5) is 15.8. The highest BCUT2D eigenvalue weighted by Crippen LogP contribution is 1.97. The van der Waals surface area contributed by atoms with Gasteiger partial charge >= 0.3 is 0 Å². The van der Waals surface area contributed by atoms with Crippen LogP contribution in [0.3, 0.4) is 0 Å². The molecular formula is C11H24N4O. The van der Waals surface area contributed by atoms with Crippen molar-refractivity contribution in [2.24, 2.45) is 0 Å². The lowest BCUT2D eigenvalue weighted by atomic mass is 10.3. The Balaban J connectivity index is 2.22.